The molecule has 40 heavy (non-hydrogen) atoms. The minimum Gasteiger partial charge on any atom is -0.352 e. The largest absolute Gasteiger partial charge is 0.352 e. The lowest BCUT2D eigenvalue weighted by Gasteiger charge is -2.36. The van der Waals surface area contributed by atoms with Gasteiger partial charge in [-0.05, 0) is 73.9 Å². The lowest BCUT2D eigenvalue weighted by Crippen LogP contribution is -2.48. The van der Waals surface area contributed by atoms with E-state index in [1.54, 1.807) is 0 Å². The van der Waals surface area contributed by atoms with Gasteiger partial charge in [-0.1, -0.05) is 82.3 Å². The molecule has 0 aliphatic carbocycles. The van der Waals surface area contributed by atoms with Gasteiger partial charge in [-0.3, -0.25) is 0 Å². The van der Waals surface area contributed by atoms with E-state index in [4.69, 9.17) is 0 Å². The number of rotatable bonds is 4. The van der Waals surface area contributed by atoms with Gasteiger partial charge in [0.15, 0.2) is 0 Å². The summed E-state index contributed by atoms with van der Waals surface area (Å²) in [4.78, 5) is 10.0. The monoisotopic (exact) mass is 536 g/mol. The Labute approximate surface area is 242 Å². The predicted octanol–water partition coefficient (Wildman–Crippen LogP) is 8.97. The Morgan fingerprint density at radius 1 is 0.500 bits per heavy atom. The van der Waals surface area contributed by atoms with E-state index in [0.717, 1.165) is 0 Å². The molecule has 2 unspecified atom stereocenters. The van der Waals surface area contributed by atoms with Crippen molar-refractivity contribution in [3.8, 4) is 0 Å². The van der Waals surface area contributed by atoms with E-state index in [9.17, 15) is 0 Å². The number of benzene rings is 4. The first-order valence-electron chi connectivity index (χ1n) is 15.1. The normalized spacial score (nSPS) is 18.4. The van der Waals surface area contributed by atoms with Gasteiger partial charge in [0.05, 0.1) is 22.7 Å². The Hall–Kier alpha value is -3.40. The second-order valence-electron chi connectivity index (χ2n) is 12.9. The van der Waals surface area contributed by atoms with Crippen LogP contribution in [0.5, 0.6) is 0 Å². The zero-order chi connectivity index (χ0) is 28.9. The van der Waals surface area contributed by atoms with Gasteiger partial charge in [0.2, 0.25) is 0 Å². The summed E-state index contributed by atoms with van der Waals surface area (Å²) in [6.45, 7) is 18.4. The molecular formula is C36H48N4. The van der Waals surface area contributed by atoms with Crippen molar-refractivity contribution in [2.75, 3.05) is 33.7 Å². The van der Waals surface area contributed by atoms with Crippen LogP contribution in [0.25, 0.3) is 21.5 Å². The number of hydrogen-bond donors (Lipinski definition) is 0. The molecule has 4 aromatic rings. The summed E-state index contributed by atoms with van der Waals surface area (Å²) < 4.78 is 0. The fourth-order valence-electron chi connectivity index (χ4n) is 7.17. The highest BCUT2D eigenvalue weighted by Gasteiger charge is 2.38. The molecule has 2 aliphatic rings. The smallest absolute Gasteiger partial charge is 0.104 e. The lowest BCUT2D eigenvalue weighted by molar-refractivity contribution is 0.442. The van der Waals surface area contributed by atoms with Crippen molar-refractivity contribution in [3.05, 3.63) is 72.8 Å². The minimum atomic E-state index is 0.441. The molecule has 0 fully saturated rings. The van der Waals surface area contributed by atoms with Crippen LogP contribution in [-0.4, -0.2) is 38.5 Å². The third kappa shape index (κ3) is 4.66. The van der Waals surface area contributed by atoms with Crippen molar-refractivity contribution >= 4 is 44.3 Å². The molecule has 2 aliphatic heterocycles. The zero-order valence-electron chi connectivity index (χ0n) is 26.2. The van der Waals surface area contributed by atoms with Crippen LogP contribution in [0.3, 0.4) is 0 Å². The summed E-state index contributed by atoms with van der Waals surface area (Å²) in [6, 6.07) is 27.6. The third-order valence-corrected chi connectivity index (χ3v) is 8.68. The van der Waals surface area contributed by atoms with Crippen molar-refractivity contribution < 1.29 is 0 Å². The molecule has 6 rings (SSSR count). The fraction of sp³-hybridized carbons (Fsp3) is 0.444. The standard InChI is InChI=1S/2C18H24N2/c1-12(2)18-19(5)16-10-14-8-6-7-9-15(14)11-17(16)20(18)13(3)4;1-12(2)18-19(5)17-15-9-7-6-8-14(15)10-11-16(17)20(18)13(3)4/h2*6-13,18H,1-5H3. The summed E-state index contributed by atoms with van der Waals surface area (Å²) >= 11 is 0. The SMILES string of the molecule is CC(C)C1N(C)c2c(ccc3ccccc23)N1C(C)C.CC(C)C1N(C)c2cc3ccccc3cc2N1C(C)C. The molecule has 0 saturated carbocycles. The molecule has 4 aromatic carbocycles. The van der Waals surface area contributed by atoms with Crippen molar-refractivity contribution in [1.82, 2.24) is 0 Å². The van der Waals surface area contributed by atoms with E-state index >= 15 is 0 Å². The number of nitrogens with zero attached hydrogens (tertiary/aromatic N) is 4. The first kappa shape index (κ1) is 28.1. The molecule has 0 radical (unpaired) electrons. The maximum Gasteiger partial charge on any atom is 0.104 e. The quantitative estimate of drug-likeness (QED) is 0.258. The molecule has 0 saturated heterocycles. The van der Waals surface area contributed by atoms with Crippen LogP contribution >= 0.6 is 0 Å². The molecule has 212 valence electrons. The van der Waals surface area contributed by atoms with Gasteiger partial charge in [-0.15, -0.1) is 0 Å². The molecule has 2 heterocycles. The Morgan fingerprint density at radius 2 is 0.975 bits per heavy atom. The maximum absolute atomic E-state index is 2.56. The summed E-state index contributed by atoms with van der Waals surface area (Å²) in [5.41, 5.74) is 5.49. The van der Waals surface area contributed by atoms with Crippen LogP contribution in [0.2, 0.25) is 0 Å². The van der Waals surface area contributed by atoms with Crippen molar-refractivity contribution in [1.29, 1.82) is 0 Å². The number of fused-ring (bicyclic) bond motifs is 5. The average molecular weight is 537 g/mol. The third-order valence-electron chi connectivity index (χ3n) is 8.68. The number of anilines is 4. The lowest BCUT2D eigenvalue weighted by atomic mass is 10.1. The van der Waals surface area contributed by atoms with Gasteiger partial charge in [0.25, 0.3) is 0 Å². The Balaban J connectivity index is 0.000000161. The molecular weight excluding hydrogens is 488 g/mol. The van der Waals surface area contributed by atoms with Gasteiger partial charge >= 0.3 is 0 Å². The topological polar surface area (TPSA) is 13.0 Å². The zero-order valence-corrected chi connectivity index (χ0v) is 26.2. The van der Waals surface area contributed by atoms with Crippen molar-refractivity contribution in [2.24, 2.45) is 11.8 Å². The fourth-order valence-corrected chi connectivity index (χ4v) is 7.17. The molecule has 0 amide bonds. The van der Waals surface area contributed by atoms with Crippen LogP contribution < -0.4 is 19.6 Å². The van der Waals surface area contributed by atoms with Crippen molar-refractivity contribution in [2.45, 2.75) is 79.8 Å². The van der Waals surface area contributed by atoms with Gasteiger partial charge < -0.3 is 19.6 Å². The van der Waals surface area contributed by atoms with Gasteiger partial charge in [-0.2, -0.15) is 0 Å². The van der Waals surface area contributed by atoms with Crippen LogP contribution in [0.1, 0.15) is 55.4 Å². The Morgan fingerprint density at radius 3 is 1.52 bits per heavy atom. The highest BCUT2D eigenvalue weighted by atomic mass is 15.4. The van der Waals surface area contributed by atoms with Gasteiger partial charge in [0.1, 0.15) is 12.3 Å². The summed E-state index contributed by atoms with van der Waals surface area (Å²) in [6.07, 6.45) is 0.887. The first-order chi connectivity index (χ1) is 19.0. The van der Waals surface area contributed by atoms with Crippen LogP contribution in [0.4, 0.5) is 22.7 Å². The molecule has 0 N–H and O–H groups in total. The highest BCUT2D eigenvalue weighted by Crippen LogP contribution is 2.46. The molecule has 0 aromatic heterocycles. The van der Waals surface area contributed by atoms with E-state index in [-0.39, 0.29) is 0 Å². The summed E-state index contributed by atoms with van der Waals surface area (Å²) in [5, 5.41) is 5.34. The average Bonchev–Trinajstić information content (AvgIpc) is 3.39. The van der Waals surface area contributed by atoms with E-state index in [0.29, 0.717) is 36.3 Å². The van der Waals surface area contributed by atoms with Gasteiger partial charge in [0, 0.05) is 31.6 Å². The molecule has 0 bridgehead atoms. The summed E-state index contributed by atoms with van der Waals surface area (Å²) in [5.74, 6) is 1.19. The molecule has 0 spiro atoms. The van der Waals surface area contributed by atoms with Gasteiger partial charge in [-0.25, -0.2) is 0 Å². The van der Waals surface area contributed by atoms with Crippen LogP contribution in [-0.2, 0) is 0 Å². The van der Waals surface area contributed by atoms with E-state index in [2.05, 4.69) is 162 Å². The number of hydrogen-bond acceptors (Lipinski definition) is 4. The van der Waals surface area contributed by atoms with Crippen molar-refractivity contribution in [3.63, 3.8) is 0 Å². The van der Waals surface area contributed by atoms with Crippen LogP contribution in [0, 0.1) is 11.8 Å². The maximum atomic E-state index is 2.56. The first-order valence-corrected chi connectivity index (χ1v) is 15.1. The molecule has 4 heteroatoms. The highest BCUT2D eigenvalue weighted by molar-refractivity contribution is 6.03. The second-order valence-corrected chi connectivity index (χ2v) is 12.9. The second kappa shape index (κ2) is 10.9. The van der Waals surface area contributed by atoms with Crippen LogP contribution in [0.15, 0.2) is 72.8 Å². The van der Waals surface area contributed by atoms with E-state index < -0.39 is 0 Å². The summed E-state index contributed by atoms with van der Waals surface area (Å²) in [7, 11) is 4.46. The minimum absolute atomic E-state index is 0.441. The predicted molar refractivity (Wildman–Crippen MR) is 177 cm³/mol. The Kier molecular flexibility index (Phi) is 7.65. The Bertz CT molecular complexity index is 1470. The van der Waals surface area contributed by atoms with E-state index in [1.807, 2.05) is 0 Å². The van der Waals surface area contributed by atoms with E-state index in [1.165, 1.54) is 44.3 Å². The molecule has 2 atom stereocenters. The molecule has 4 nitrogen and oxygen atoms in total.